The highest BCUT2D eigenvalue weighted by molar-refractivity contribution is 7.80. The Morgan fingerprint density at radius 2 is 1.71 bits per heavy atom. The number of thiocarbonyl (C=S) groups is 1. The van der Waals surface area contributed by atoms with Gasteiger partial charge in [-0.2, -0.15) is 0 Å². The lowest BCUT2D eigenvalue weighted by Crippen LogP contribution is -2.42. The Morgan fingerprint density at radius 1 is 1.00 bits per heavy atom. The first-order valence-corrected chi connectivity index (χ1v) is 12.4. The Bertz CT molecular complexity index is 1130. The lowest BCUT2D eigenvalue weighted by atomic mass is 9.92. The van der Waals surface area contributed by atoms with Gasteiger partial charge in [0.1, 0.15) is 28.8 Å². The second-order valence-electron chi connectivity index (χ2n) is 8.52. The molecule has 3 aromatic carbocycles. The largest absolute Gasteiger partial charge is 0.494 e. The molecule has 0 saturated heterocycles. The van der Waals surface area contributed by atoms with E-state index in [9.17, 15) is 0 Å². The molecular weight excluding hydrogens is 466 g/mol. The van der Waals surface area contributed by atoms with Gasteiger partial charge in [-0.3, -0.25) is 0 Å². The molecule has 4 rings (SSSR count). The summed E-state index contributed by atoms with van der Waals surface area (Å²) in [4.78, 5) is 3.02. The van der Waals surface area contributed by atoms with Crippen LogP contribution in [-0.4, -0.2) is 35.8 Å². The summed E-state index contributed by atoms with van der Waals surface area (Å²) in [6, 6.07) is 21.8. The molecule has 0 fully saturated rings. The highest BCUT2D eigenvalue weighted by Crippen LogP contribution is 2.35. The van der Waals surface area contributed by atoms with Crippen molar-refractivity contribution >= 4 is 28.8 Å². The molecule has 34 heavy (non-hydrogen) atoms. The molecule has 0 aliphatic carbocycles. The van der Waals surface area contributed by atoms with Gasteiger partial charge in [-0.25, -0.2) is 0 Å². The van der Waals surface area contributed by atoms with Crippen LogP contribution in [0.1, 0.15) is 43.5 Å². The molecule has 178 valence electrons. The van der Waals surface area contributed by atoms with Gasteiger partial charge in [0.05, 0.1) is 18.8 Å². The zero-order valence-corrected chi connectivity index (χ0v) is 21.4. The van der Waals surface area contributed by atoms with Crippen molar-refractivity contribution in [2.24, 2.45) is 0 Å². The number of fused-ring (bicyclic) bond motifs is 1. The van der Waals surface area contributed by atoms with Crippen molar-refractivity contribution in [1.29, 1.82) is 0 Å². The number of benzene rings is 3. The van der Waals surface area contributed by atoms with Crippen molar-refractivity contribution in [3.8, 4) is 17.2 Å². The summed E-state index contributed by atoms with van der Waals surface area (Å²) in [5, 5.41) is 0.676. The number of halogens is 1. The van der Waals surface area contributed by atoms with Crippen molar-refractivity contribution in [1.82, 2.24) is 4.90 Å². The summed E-state index contributed by atoms with van der Waals surface area (Å²) in [7, 11) is 0. The molecule has 6 heteroatoms. The highest BCUT2D eigenvalue weighted by Gasteiger charge is 2.30. The van der Waals surface area contributed by atoms with Gasteiger partial charge in [0.15, 0.2) is 0 Å². The van der Waals surface area contributed by atoms with E-state index >= 15 is 0 Å². The Hall–Kier alpha value is -2.76. The summed E-state index contributed by atoms with van der Waals surface area (Å²) in [5.41, 5.74) is 3.41. The van der Waals surface area contributed by atoms with E-state index in [4.69, 9.17) is 38.0 Å². The van der Waals surface area contributed by atoms with Crippen molar-refractivity contribution in [3.63, 3.8) is 0 Å². The van der Waals surface area contributed by atoms with Gasteiger partial charge in [0.2, 0.25) is 0 Å². The van der Waals surface area contributed by atoms with E-state index < -0.39 is 0 Å². The third-order valence-electron chi connectivity index (χ3n) is 5.72. The predicted molar refractivity (Wildman–Crippen MR) is 142 cm³/mol. The van der Waals surface area contributed by atoms with E-state index in [0.29, 0.717) is 18.2 Å². The van der Waals surface area contributed by atoms with E-state index in [-0.39, 0.29) is 12.1 Å². The molecule has 0 saturated carbocycles. The van der Waals surface area contributed by atoms with Crippen LogP contribution in [0, 0.1) is 0 Å². The number of hydrogen-bond donors (Lipinski definition) is 0. The van der Waals surface area contributed by atoms with Gasteiger partial charge >= 0.3 is 0 Å². The van der Waals surface area contributed by atoms with Crippen LogP contribution in [0.2, 0.25) is 5.02 Å². The van der Waals surface area contributed by atoms with Crippen LogP contribution in [-0.2, 0) is 6.42 Å². The van der Waals surface area contributed by atoms with Crippen molar-refractivity contribution in [3.05, 3.63) is 88.4 Å². The molecule has 4 nitrogen and oxygen atoms in total. The first-order chi connectivity index (χ1) is 16.4. The fourth-order valence-corrected chi connectivity index (χ4v) is 4.75. The number of rotatable bonds is 8. The monoisotopic (exact) mass is 495 g/mol. The highest BCUT2D eigenvalue weighted by atomic mass is 35.5. The molecule has 3 aromatic rings. The van der Waals surface area contributed by atoms with E-state index in [1.165, 1.54) is 11.1 Å². The molecule has 1 atom stereocenters. The smallest absolute Gasteiger partial charge is 0.119 e. The van der Waals surface area contributed by atoms with Crippen molar-refractivity contribution in [2.45, 2.75) is 39.3 Å². The molecule has 0 N–H and O–H groups in total. The predicted octanol–water partition coefficient (Wildman–Crippen LogP) is 6.88. The topological polar surface area (TPSA) is 30.9 Å². The summed E-state index contributed by atoms with van der Waals surface area (Å²) >= 11 is 12.2. The second-order valence-corrected chi connectivity index (χ2v) is 9.34. The maximum atomic E-state index is 6.26. The summed E-state index contributed by atoms with van der Waals surface area (Å²) in [6.07, 6.45) is 1.01. The quantitative estimate of drug-likeness (QED) is 0.318. The van der Waals surface area contributed by atoms with Gasteiger partial charge in [-0.1, -0.05) is 42.0 Å². The van der Waals surface area contributed by atoms with E-state index in [1.807, 2.05) is 75.4 Å². The van der Waals surface area contributed by atoms with Crippen LogP contribution >= 0.6 is 23.8 Å². The maximum absolute atomic E-state index is 6.26. The number of nitrogens with zero attached hydrogens (tertiary/aromatic N) is 1. The molecule has 0 aromatic heterocycles. The van der Waals surface area contributed by atoms with Crippen molar-refractivity contribution in [2.75, 3.05) is 19.8 Å². The molecule has 0 amide bonds. The van der Waals surface area contributed by atoms with Gasteiger partial charge in [0.25, 0.3) is 0 Å². The molecule has 1 heterocycles. The summed E-state index contributed by atoms with van der Waals surface area (Å²) in [5.74, 6) is 2.52. The maximum Gasteiger partial charge on any atom is 0.119 e. The minimum absolute atomic E-state index is 0.0325. The lowest BCUT2D eigenvalue weighted by molar-refractivity contribution is 0.190. The zero-order valence-electron chi connectivity index (χ0n) is 19.8. The van der Waals surface area contributed by atoms with Crippen LogP contribution in [0.15, 0.2) is 66.7 Å². The number of hydrogen-bond acceptors (Lipinski definition) is 4. The first-order valence-electron chi connectivity index (χ1n) is 11.7. The molecule has 0 bridgehead atoms. The van der Waals surface area contributed by atoms with Gasteiger partial charge < -0.3 is 19.1 Å². The Kier molecular flexibility index (Phi) is 7.96. The SMILES string of the molecule is CCOc1ccc(OCC2c3ccc(OC(C)C)cc3CCN2C(=S)c2cccc(Cl)c2)cc1. The van der Waals surface area contributed by atoms with Gasteiger partial charge in [0, 0.05) is 17.1 Å². The van der Waals surface area contributed by atoms with Crippen molar-refractivity contribution < 1.29 is 14.2 Å². The van der Waals surface area contributed by atoms with Gasteiger partial charge in [-0.15, -0.1) is 0 Å². The Morgan fingerprint density at radius 3 is 2.38 bits per heavy atom. The number of ether oxygens (including phenoxy) is 3. The summed E-state index contributed by atoms with van der Waals surface area (Å²) in [6.45, 7) is 7.94. The fourth-order valence-electron chi connectivity index (χ4n) is 4.22. The molecule has 0 radical (unpaired) electrons. The molecule has 1 unspecified atom stereocenters. The average molecular weight is 496 g/mol. The zero-order chi connectivity index (χ0) is 24.1. The van der Waals surface area contributed by atoms with E-state index in [1.54, 1.807) is 0 Å². The standard InChI is InChI=1S/C28H30ClNO3S/c1-4-31-23-8-10-24(11-9-23)32-18-27-26-13-12-25(33-19(2)3)17-20(26)14-15-30(27)28(34)21-6-5-7-22(29)16-21/h5-13,16-17,19,27H,4,14-15,18H2,1-3H3. The first kappa shape index (κ1) is 24.4. The Balaban J connectivity index is 1.61. The second kappa shape index (κ2) is 11.1. The fraction of sp³-hybridized carbons (Fsp3) is 0.321. The average Bonchev–Trinajstić information content (AvgIpc) is 2.82. The van der Waals surface area contributed by atoms with Crippen LogP contribution in [0.3, 0.4) is 0 Å². The minimum Gasteiger partial charge on any atom is -0.494 e. The molecular formula is C28H30ClNO3S. The van der Waals surface area contributed by atoms with Gasteiger partial charge in [-0.05, 0) is 86.8 Å². The molecule has 0 spiro atoms. The summed E-state index contributed by atoms with van der Waals surface area (Å²) < 4.78 is 17.7. The van der Waals surface area contributed by atoms with E-state index in [0.717, 1.165) is 40.8 Å². The minimum atomic E-state index is -0.0325. The molecule has 1 aliphatic rings. The van der Waals surface area contributed by atoms with Crippen LogP contribution in [0.5, 0.6) is 17.2 Å². The Labute approximate surface area is 212 Å². The third-order valence-corrected chi connectivity index (χ3v) is 6.42. The normalized spacial score (nSPS) is 15.1. The lowest BCUT2D eigenvalue weighted by Gasteiger charge is -2.39. The third kappa shape index (κ3) is 5.83. The van der Waals surface area contributed by atoms with Crippen LogP contribution in [0.25, 0.3) is 0 Å². The molecule has 1 aliphatic heterocycles. The van der Waals surface area contributed by atoms with E-state index in [2.05, 4.69) is 17.0 Å². The van der Waals surface area contributed by atoms with Crippen LogP contribution < -0.4 is 14.2 Å². The van der Waals surface area contributed by atoms with Crippen LogP contribution in [0.4, 0.5) is 0 Å².